The van der Waals surface area contributed by atoms with E-state index in [2.05, 4.69) is 9.88 Å². The highest BCUT2D eigenvalue weighted by Gasteiger charge is 2.43. The quantitative estimate of drug-likeness (QED) is 0.300. The van der Waals surface area contributed by atoms with Crippen LogP contribution in [0.25, 0.3) is 22.5 Å². The van der Waals surface area contributed by atoms with E-state index in [-0.39, 0.29) is 36.0 Å². The van der Waals surface area contributed by atoms with Crippen molar-refractivity contribution < 1.29 is 27.8 Å². The Kier molecular flexibility index (Phi) is 10.6. The number of amides is 2. The number of aliphatic imine (C=N–C) groups is 1. The minimum atomic E-state index is -0.805. The molecular weight excluding hydrogens is 668 g/mol. The van der Waals surface area contributed by atoms with E-state index >= 15 is 0 Å². The minimum absolute atomic E-state index is 0.0631. The smallest absolute Gasteiger partial charge is 0.272 e. The summed E-state index contributed by atoms with van der Waals surface area (Å²) in [5.74, 6) is -1.31. The molecule has 0 radical (unpaired) electrons. The molecule has 52 heavy (non-hydrogen) atoms. The Balaban J connectivity index is 1.22. The Labute approximate surface area is 301 Å². The minimum Gasteiger partial charge on any atom is -0.488 e. The van der Waals surface area contributed by atoms with Gasteiger partial charge in [-0.25, -0.2) is 13.8 Å². The number of carbonyl (C=O) groups excluding carboxylic acids is 2. The summed E-state index contributed by atoms with van der Waals surface area (Å²) in [6, 6.07) is 15.9. The highest BCUT2D eigenvalue weighted by Crippen LogP contribution is 2.32. The van der Waals surface area contributed by atoms with Gasteiger partial charge >= 0.3 is 0 Å². The Morgan fingerprint density at radius 1 is 0.981 bits per heavy atom. The number of imidazole rings is 1. The summed E-state index contributed by atoms with van der Waals surface area (Å²) in [4.78, 5) is 43.8. The number of hydrogen-bond acceptors (Lipinski definition) is 8. The number of anilines is 1. The number of likely N-dealkylation sites (tertiary alicyclic amines) is 1. The van der Waals surface area contributed by atoms with Gasteiger partial charge in [-0.05, 0) is 54.3 Å². The topological polar surface area (TPSA) is 119 Å². The van der Waals surface area contributed by atoms with E-state index in [0.29, 0.717) is 50.8 Å². The van der Waals surface area contributed by atoms with Gasteiger partial charge in [0.2, 0.25) is 5.91 Å². The second-order valence-corrected chi connectivity index (χ2v) is 13.5. The maximum Gasteiger partial charge on any atom is 0.272 e. The standard InChI is InChI=1S/C39H43F2N7O4/c1-45-36(24-44-37(45)31-11-10-27(40)21-33(31)41)39(50)48-25-29-22-35(48)38(49)47(15-14-46-16-18-51-19-17-46)13-3-2-12-43-23-32-30(8-5-9-34(32)42)26-6-4-7-28(20-26)52-29/h4-11,20-21,23-24,29,35H,2-3,12-19,22,25,42H2,1H3. The van der Waals surface area contributed by atoms with Gasteiger partial charge in [0.05, 0.1) is 31.5 Å². The van der Waals surface area contributed by atoms with Crippen LogP contribution < -0.4 is 10.5 Å². The second-order valence-electron chi connectivity index (χ2n) is 13.5. The molecule has 0 spiro atoms. The molecule has 11 nitrogen and oxygen atoms in total. The number of rotatable bonds is 5. The lowest BCUT2D eigenvalue weighted by atomic mass is 9.98. The van der Waals surface area contributed by atoms with Crippen molar-refractivity contribution in [3.8, 4) is 28.3 Å². The van der Waals surface area contributed by atoms with Crippen molar-refractivity contribution in [3.05, 3.63) is 89.8 Å². The van der Waals surface area contributed by atoms with Gasteiger partial charge in [-0.15, -0.1) is 0 Å². The number of nitrogens with zero attached hydrogens (tertiary/aromatic N) is 6. The number of nitrogens with two attached hydrogens (primary N) is 1. The molecule has 272 valence electrons. The maximum atomic E-state index is 14.8. The van der Waals surface area contributed by atoms with Crippen LogP contribution in [0, 0.1) is 11.6 Å². The summed E-state index contributed by atoms with van der Waals surface area (Å²) in [5.41, 5.74) is 9.94. The highest BCUT2D eigenvalue weighted by molar-refractivity contribution is 5.98. The molecule has 1 aromatic heterocycles. The lowest BCUT2D eigenvalue weighted by Crippen LogP contribution is -2.50. The van der Waals surface area contributed by atoms with Crippen molar-refractivity contribution >= 4 is 23.7 Å². The van der Waals surface area contributed by atoms with Gasteiger partial charge in [0.25, 0.3) is 5.91 Å². The van der Waals surface area contributed by atoms with E-state index in [1.54, 1.807) is 11.9 Å². The van der Waals surface area contributed by atoms with Crippen LogP contribution in [0.3, 0.4) is 0 Å². The van der Waals surface area contributed by atoms with Gasteiger partial charge in [0.1, 0.15) is 41.0 Å². The first-order valence-corrected chi connectivity index (χ1v) is 17.8. The Bertz CT molecular complexity index is 1960. The number of ether oxygens (including phenoxy) is 2. The zero-order valence-corrected chi connectivity index (χ0v) is 29.2. The van der Waals surface area contributed by atoms with Gasteiger partial charge in [-0.1, -0.05) is 24.3 Å². The monoisotopic (exact) mass is 711 g/mol. The third-order valence-corrected chi connectivity index (χ3v) is 10.1. The zero-order chi connectivity index (χ0) is 36.2. The third-order valence-electron chi connectivity index (χ3n) is 10.1. The predicted molar refractivity (Wildman–Crippen MR) is 194 cm³/mol. The lowest BCUT2D eigenvalue weighted by Gasteiger charge is -2.33. The van der Waals surface area contributed by atoms with Gasteiger partial charge in [0, 0.05) is 76.3 Å². The van der Waals surface area contributed by atoms with Crippen LogP contribution in [0.1, 0.15) is 35.3 Å². The van der Waals surface area contributed by atoms with E-state index in [0.717, 1.165) is 54.8 Å². The molecule has 2 amide bonds. The van der Waals surface area contributed by atoms with Crippen molar-refractivity contribution in [3.63, 3.8) is 0 Å². The molecule has 2 fully saturated rings. The summed E-state index contributed by atoms with van der Waals surface area (Å²) in [6.07, 6.45) is 4.47. The van der Waals surface area contributed by atoms with Crippen molar-refractivity contribution in [2.24, 2.45) is 12.0 Å². The molecule has 4 aromatic rings. The summed E-state index contributed by atoms with van der Waals surface area (Å²) in [5, 5.41) is 0. The lowest BCUT2D eigenvalue weighted by molar-refractivity contribution is -0.135. The molecule has 2 saturated heterocycles. The average Bonchev–Trinajstić information content (AvgIpc) is 3.74. The van der Waals surface area contributed by atoms with Gasteiger partial charge in [-0.2, -0.15) is 0 Å². The van der Waals surface area contributed by atoms with Crippen LogP contribution in [-0.4, -0.2) is 113 Å². The predicted octanol–water partition coefficient (Wildman–Crippen LogP) is 4.65. The molecular formula is C39H43F2N7O4. The fourth-order valence-electron chi connectivity index (χ4n) is 7.22. The number of hydrogen-bond donors (Lipinski definition) is 1. The number of morpholine rings is 1. The molecule has 2 unspecified atom stereocenters. The summed E-state index contributed by atoms with van der Waals surface area (Å²) >= 11 is 0. The summed E-state index contributed by atoms with van der Waals surface area (Å²) < 4.78 is 42.0. The molecule has 2 atom stereocenters. The zero-order valence-electron chi connectivity index (χ0n) is 29.2. The van der Waals surface area contributed by atoms with Crippen molar-refractivity contribution in [2.45, 2.75) is 31.4 Å². The first-order valence-electron chi connectivity index (χ1n) is 17.8. The molecule has 4 bridgehead atoms. The van der Waals surface area contributed by atoms with Gasteiger partial charge in [0.15, 0.2) is 0 Å². The van der Waals surface area contributed by atoms with E-state index in [9.17, 15) is 18.4 Å². The van der Waals surface area contributed by atoms with Crippen LogP contribution in [0.2, 0.25) is 0 Å². The summed E-state index contributed by atoms with van der Waals surface area (Å²) in [6.45, 7) is 5.29. The fraction of sp³-hybridized carbons (Fsp3) is 0.385. The molecule has 0 saturated carbocycles. The fourth-order valence-corrected chi connectivity index (χ4v) is 7.22. The molecule has 2 N–H and O–H groups in total. The van der Waals surface area contributed by atoms with E-state index in [4.69, 9.17) is 20.2 Å². The summed E-state index contributed by atoms with van der Waals surface area (Å²) in [7, 11) is 1.61. The van der Waals surface area contributed by atoms with Crippen LogP contribution in [0.5, 0.6) is 5.75 Å². The van der Waals surface area contributed by atoms with Gasteiger partial charge in [-0.3, -0.25) is 19.5 Å². The number of benzene rings is 3. The first-order chi connectivity index (χ1) is 25.3. The SMILES string of the molecule is Cn1c(C(=O)N2CC3CC2C(=O)N(CCN2CCOCC2)CCCCN=Cc2c(N)cccc2-c2cccc(c2)O3)cnc1-c1ccc(F)cc1F. The molecule has 3 aliphatic heterocycles. The van der Waals surface area contributed by atoms with Crippen LogP contribution in [0.15, 0.2) is 71.9 Å². The van der Waals surface area contributed by atoms with E-state index < -0.39 is 29.7 Å². The molecule has 4 heterocycles. The Hall–Kier alpha value is -5.14. The van der Waals surface area contributed by atoms with Crippen molar-refractivity contribution in [1.29, 1.82) is 0 Å². The molecule has 13 heteroatoms. The molecule has 7 rings (SSSR count). The number of fused-ring (bicyclic) bond motifs is 6. The first kappa shape index (κ1) is 35.3. The van der Waals surface area contributed by atoms with Gasteiger partial charge < -0.3 is 29.6 Å². The Morgan fingerprint density at radius 3 is 2.63 bits per heavy atom. The normalized spacial score (nSPS) is 20.0. The van der Waals surface area contributed by atoms with Crippen LogP contribution in [-0.2, 0) is 16.6 Å². The molecule has 0 aliphatic carbocycles. The highest BCUT2D eigenvalue weighted by atomic mass is 19.1. The van der Waals surface area contributed by atoms with Crippen LogP contribution in [0.4, 0.5) is 14.5 Å². The van der Waals surface area contributed by atoms with Crippen molar-refractivity contribution in [2.75, 3.05) is 64.8 Å². The number of carbonyl (C=O) groups is 2. The van der Waals surface area contributed by atoms with Crippen LogP contribution >= 0.6 is 0 Å². The number of halogens is 2. The molecule has 3 aromatic carbocycles. The van der Waals surface area contributed by atoms with E-state index in [1.807, 2.05) is 53.6 Å². The maximum absolute atomic E-state index is 14.8. The average molecular weight is 712 g/mol. The number of nitrogen functional groups attached to an aromatic ring is 1. The molecule has 3 aliphatic rings. The van der Waals surface area contributed by atoms with E-state index in [1.165, 1.54) is 16.8 Å². The largest absolute Gasteiger partial charge is 0.488 e. The third kappa shape index (κ3) is 7.56. The van der Waals surface area contributed by atoms with Crippen molar-refractivity contribution in [1.82, 2.24) is 24.3 Å². The Morgan fingerprint density at radius 2 is 1.81 bits per heavy atom. The number of aromatic nitrogens is 2. The second kappa shape index (κ2) is 15.6.